The van der Waals surface area contributed by atoms with Crippen LogP contribution in [0.5, 0.6) is 0 Å². The van der Waals surface area contributed by atoms with Crippen LogP contribution in [0.15, 0.2) is 0 Å². The van der Waals surface area contributed by atoms with Crippen molar-refractivity contribution in [2.75, 3.05) is 20.6 Å². The number of rotatable bonds is 3. The number of hydrogen-bond acceptors (Lipinski definition) is 2. The van der Waals surface area contributed by atoms with Crippen LogP contribution in [0.2, 0.25) is 0 Å². The van der Waals surface area contributed by atoms with E-state index in [1.807, 2.05) is 32.8 Å². The van der Waals surface area contributed by atoms with Crippen molar-refractivity contribution in [1.82, 2.24) is 4.90 Å². The van der Waals surface area contributed by atoms with Gasteiger partial charge in [0.15, 0.2) is 0 Å². The molecule has 12 heavy (non-hydrogen) atoms. The molecule has 0 saturated heterocycles. The SMILES string of the molecule is CC(=O)C(C)(C)CN(C)C.II. The maximum Gasteiger partial charge on any atom is 0.136 e. The van der Waals surface area contributed by atoms with Crippen LogP contribution in [0.4, 0.5) is 0 Å². The number of halogens is 2. The van der Waals surface area contributed by atoms with Crippen molar-refractivity contribution in [1.29, 1.82) is 0 Å². The fourth-order valence-electron chi connectivity index (χ4n) is 0.902. The Hall–Kier alpha value is 1.09. The molecule has 0 bridgehead atoms. The lowest BCUT2D eigenvalue weighted by atomic mass is 9.89. The van der Waals surface area contributed by atoms with E-state index in [-0.39, 0.29) is 11.2 Å². The Kier molecular flexibility index (Phi) is 9.71. The molecule has 0 fully saturated rings. The molecule has 0 N–H and O–H groups in total. The highest BCUT2D eigenvalue weighted by molar-refractivity contribution is 15.0. The molecule has 0 aromatic heterocycles. The maximum atomic E-state index is 11.0. The van der Waals surface area contributed by atoms with Crippen LogP contribution >= 0.6 is 37.2 Å². The molecular formula is C8H17I2NO. The van der Waals surface area contributed by atoms with E-state index in [2.05, 4.69) is 37.2 Å². The molecule has 4 heteroatoms. The third kappa shape index (κ3) is 7.72. The molecule has 0 aliphatic carbocycles. The average molecular weight is 397 g/mol. The molecule has 0 aromatic rings. The van der Waals surface area contributed by atoms with E-state index in [0.29, 0.717) is 0 Å². The van der Waals surface area contributed by atoms with Gasteiger partial charge in [-0.25, -0.2) is 0 Å². The van der Waals surface area contributed by atoms with E-state index in [0.717, 1.165) is 6.54 Å². The summed E-state index contributed by atoms with van der Waals surface area (Å²) in [4.78, 5) is 13.0. The van der Waals surface area contributed by atoms with Gasteiger partial charge in [0.25, 0.3) is 0 Å². The highest BCUT2D eigenvalue weighted by Crippen LogP contribution is 2.16. The molecule has 0 amide bonds. The smallest absolute Gasteiger partial charge is 0.136 e. The second-order valence-corrected chi connectivity index (χ2v) is 3.68. The Bertz CT molecular complexity index is 135. The number of ketones is 1. The number of carbonyl (C=O) groups excluding carboxylic acids is 1. The fraction of sp³-hybridized carbons (Fsp3) is 0.875. The minimum atomic E-state index is -0.191. The lowest BCUT2D eigenvalue weighted by molar-refractivity contribution is -0.125. The van der Waals surface area contributed by atoms with Crippen molar-refractivity contribution in [3.05, 3.63) is 0 Å². The van der Waals surface area contributed by atoms with E-state index in [4.69, 9.17) is 0 Å². The first-order valence-corrected chi connectivity index (χ1v) is 9.95. The van der Waals surface area contributed by atoms with Gasteiger partial charge in [-0.3, -0.25) is 4.79 Å². The molecule has 0 atom stereocenters. The van der Waals surface area contributed by atoms with Crippen LogP contribution in [0.3, 0.4) is 0 Å². The predicted octanol–water partition coefficient (Wildman–Crippen LogP) is 2.93. The van der Waals surface area contributed by atoms with E-state index >= 15 is 0 Å². The molecule has 0 spiro atoms. The summed E-state index contributed by atoms with van der Waals surface area (Å²) in [5, 5.41) is 0. The first-order chi connectivity index (χ1) is 5.36. The van der Waals surface area contributed by atoms with Crippen LogP contribution < -0.4 is 0 Å². The maximum absolute atomic E-state index is 11.0. The van der Waals surface area contributed by atoms with Gasteiger partial charge < -0.3 is 4.90 Å². The van der Waals surface area contributed by atoms with Gasteiger partial charge in [0.2, 0.25) is 0 Å². The lowest BCUT2D eigenvalue weighted by Crippen LogP contribution is -2.33. The van der Waals surface area contributed by atoms with E-state index in [1.54, 1.807) is 6.92 Å². The fourth-order valence-corrected chi connectivity index (χ4v) is 0.902. The van der Waals surface area contributed by atoms with Crippen LogP contribution in [0.25, 0.3) is 0 Å². The number of hydrogen-bond donors (Lipinski definition) is 0. The Morgan fingerprint density at radius 2 is 1.67 bits per heavy atom. The molecule has 0 aromatic carbocycles. The van der Waals surface area contributed by atoms with Gasteiger partial charge in [-0.15, -0.1) is 0 Å². The molecule has 0 aliphatic rings. The zero-order valence-electron chi connectivity index (χ0n) is 8.32. The summed E-state index contributed by atoms with van der Waals surface area (Å²) in [5.74, 6) is 0.251. The molecule has 0 rings (SSSR count). The molecule has 0 unspecified atom stereocenters. The van der Waals surface area contributed by atoms with Crippen LogP contribution in [-0.4, -0.2) is 31.3 Å². The van der Waals surface area contributed by atoms with Crippen LogP contribution in [0, 0.1) is 5.41 Å². The quantitative estimate of drug-likeness (QED) is 0.683. The van der Waals surface area contributed by atoms with Crippen molar-refractivity contribution in [2.45, 2.75) is 20.8 Å². The standard InChI is InChI=1S/C8H17NO.I2/c1-7(10)8(2,3)6-9(4)5;1-2/h6H2,1-5H3;. The van der Waals surface area contributed by atoms with Crippen molar-refractivity contribution in [3.63, 3.8) is 0 Å². The van der Waals surface area contributed by atoms with Gasteiger partial charge in [0, 0.05) is 49.2 Å². The first kappa shape index (κ1) is 15.6. The molecule has 0 heterocycles. The number of nitrogens with zero attached hydrogens (tertiary/aromatic N) is 1. The average Bonchev–Trinajstić information content (AvgIpc) is 1.89. The summed E-state index contributed by atoms with van der Waals surface area (Å²) in [6.45, 7) is 6.40. The topological polar surface area (TPSA) is 20.3 Å². The normalized spacial score (nSPS) is 10.7. The van der Waals surface area contributed by atoms with Crippen LogP contribution in [-0.2, 0) is 4.79 Å². The second kappa shape index (κ2) is 7.49. The Morgan fingerprint density at radius 3 is 1.75 bits per heavy atom. The third-order valence-electron chi connectivity index (χ3n) is 1.66. The highest BCUT2D eigenvalue weighted by atomic mass is 128. The zero-order valence-corrected chi connectivity index (χ0v) is 12.6. The minimum absolute atomic E-state index is 0.191. The van der Waals surface area contributed by atoms with Crippen molar-refractivity contribution in [3.8, 4) is 0 Å². The molecular weight excluding hydrogens is 380 g/mol. The van der Waals surface area contributed by atoms with Gasteiger partial charge in [0.05, 0.1) is 0 Å². The molecule has 0 aliphatic heterocycles. The lowest BCUT2D eigenvalue weighted by Gasteiger charge is -2.24. The second-order valence-electron chi connectivity index (χ2n) is 3.68. The van der Waals surface area contributed by atoms with Gasteiger partial charge in [0.1, 0.15) is 5.78 Å². The Balaban J connectivity index is 0. The van der Waals surface area contributed by atoms with Gasteiger partial charge in [-0.1, -0.05) is 13.8 Å². The summed E-state index contributed by atoms with van der Waals surface area (Å²) in [5.41, 5.74) is -0.191. The highest BCUT2D eigenvalue weighted by Gasteiger charge is 2.23. The van der Waals surface area contributed by atoms with E-state index in [1.165, 1.54) is 0 Å². The monoisotopic (exact) mass is 397 g/mol. The van der Waals surface area contributed by atoms with Gasteiger partial charge in [-0.05, 0) is 21.0 Å². The van der Waals surface area contributed by atoms with Crippen LogP contribution in [0.1, 0.15) is 20.8 Å². The summed E-state index contributed by atoms with van der Waals surface area (Å²) in [6, 6.07) is 0. The summed E-state index contributed by atoms with van der Waals surface area (Å²) >= 11 is 4.24. The van der Waals surface area contributed by atoms with Crippen molar-refractivity contribution in [2.24, 2.45) is 5.41 Å². The third-order valence-corrected chi connectivity index (χ3v) is 1.66. The van der Waals surface area contributed by atoms with Crippen molar-refractivity contribution < 1.29 is 4.79 Å². The summed E-state index contributed by atoms with van der Waals surface area (Å²) in [7, 11) is 3.95. The Morgan fingerprint density at radius 1 is 1.33 bits per heavy atom. The molecule has 0 saturated carbocycles. The largest absolute Gasteiger partial charge is 0.308 e. The molecule has 2 nitrogen and oxygen atoms in total. The molecule has 74 valence electrons. The summed E-state index contributed by atoms with van der Waals surface area (Å²) < 4.78 is 0. The first-order valence-electron chi connectivity index (χ1n) is 3.66. The van der Waals surface area contributed by atoms with E-state index < -0.39 is 0 Å². The van der Waals surface area contributed by atoms with Crippen molar-refractivity contribution >= 4 is 43.0 Å². The number of carbonyl (C=O) groups is 1. The predicted molar refractivity (Wildman–Crippen MR) is 71.1 cm³/mol. The van der Waals surface area contributed by atoms with E-state index in [9.17, 15) is 4.79 Å². The summed E-state index contributed by atoms with van der Waals surface area (Å²) in [6.07, 6.45) is 0. The van der Waals surface area contributed by atoms with Gasteiger partial charge in [-0.2, -0.15) is 0 Å². The minimum Gasteiger partial charge on any atom is -0.308 e. The zero-order chi connectivity index (χ0) is 10.4. The molecule has 0 radical (unpaired) electrons. The number of Topliss-reactive ketones (excluding diaryl/α,β-unsaturated/α-hetero) is 1. The Labute approximate surface area is 98.8 Å². The van der Waals surface area contributed by atoms with Gasteiger partial charge >= 0.3 is 0 Å².